The van der Waals surface area contributed by atoms with Crippen LogP contribution >= 0.6 is 0 Å². The Kier molecular flexibility index (Phi) is 44.7. The lowest BCUT2D eigenvalue weighted by molar-refractivity contribution is -0.148. The molecule has 0 fully saturated rings. The van der Waals surface area contributed by atoms with Crippen molar-refractivity contribution in [1.82, 2.24) is 5.32 Å². The zero-order valence-corrected chi connectivity index (χ0v) is 38.9. The number of hydrogen-bond acceptors (Lipinski definition) is 5. The standard InChI is InChI=1S/C53H95NO5/c1-4-7-10-13-16-19-22-24-26-27-30-33-36-39-42-45-51(56)50(48-55)54-52(57)47-49(44-41-38-35-32-29-21-18-15-12-9-6-3)59-53(58)46-43-40-37-34-31-28-25-23-20-17-14-11-8-5-2/h8,11,17,20,25,28,32,35,41,44,49-51,55-56H,4-7,9-10,12-16,18-19,21-24,26-27,29-31,33-34,36-40,42-43,45-48H2,1-3H3,(H,54,57)/b11-8+,20-17+,28-25+,35-32-,44-41+. The largest absolute Gasteiger partial charge is 0.458 e. The average molecular weight is 826 g/mol. The van der Waals surface area contributed by atoms with E-state index in [-0.39, 0.29) is 24.9 Å². The predicted octanol–water partition coefficient (Wildman–Crippen LogP) is 14.8. The van der Waals surface area contributed by atoms with E-state index >= 15 is 0 Å². The second-order valence-corrected chi connectivity index (χ2v) is 16.8. The van der Waals surface area contributed by atoms with E-state index < -0.39 is 18.2 Å². The molecule has 0 saturated heterocycles. The third-order valence-corrected chi connectivity index (χ3v) is 11.1. The molecule has 6 nitrogen and oxygen atoms in total. The van der Waals surface area contributed by atoms with E-state index in [0.29, 0.717) is 19.3 Å². The Labute approximate surface area is 365 Å². The fraction of sp³-hybridized carbons (Fsp3) is 0.774. The summed E-state index contributed by atoms with van der Waals surface area (Å²) in [6.45, 7) is 6.32. The van der Waals surface area contributed by atoms with Crippen LogP contribution in [0.15, 0.2) is 60.8 Å². The van der Waals surface area contributed by atoms with E-state index in [1.165, 1.54) is 116 Å². The second-order valence-electron chi connectivity index (χ2n) is 16.8. The molecule has 0 saturated carbocycles. The summed E-state index contributed by atoms with van der Waals surface area (Å²) in [6, 6.07) is -0.737. The van der Waals surface area contributed by atoms with Crippen molar-refractivity contribution in [2.45, 2.75) is 257 Å². The molecule has 0 aromatic heterocycles. The highest BCUT2D eigenvalue weighted by atomic mass is 16.5. The molecule has 59 heavy (non-hydrogen) atoms. The van der Waals surface area contributed by atoms with Crippen molar-refractivity contribution in [1.29, 1.82) is 0 Å². The number of esters is 1. The number of carbonyl (C=O) groups excluding carboxylic acids is 2. The number of nitrogens with one attached hydrogen (secondary N) is 1. The topological polar surface area (TPSA) is 95.9 Å². The number of carbonyl (C=O) groups is 2. The van der Waals surface area contributed by atoms with Crippen molar-refractivity contribution in [2.75, 3.05) is 6.61 Å². The van der Waals surface area contributed by atoms with Gasteiger partial charge in [0.1, 0.15) is 6.10 Å². The first-order valence-corrected chi connectivity index (χ1v) is 25.0. The van der Waals surface area contributed by atoms with Crippen LogP contribution in [-0.4, -0.2) is 46.9 Å². The van der Waals surface area contributed by atoms with Crippen LogP contribution in [0.4, 0.5) is 0 Å². The SMILES string of the molecule is CC/C=C/C/C=C/C/C=C/CCCCCCC(=O)OC(/C=C/C/C=C\CCCCCCCC)CC(=O)NC(CO)C(O)CCCCCCCCCCCCCCCCC. The van der Waals surface area contributed by atoms with Crippen molar-refractivity contribution in [3.8, 4) is 0 Å². The first kappa shape index (κ1) is 56.6. The Morgan fingerprint density at radius 1 is 0.525 bits per heavy atom. The van der Waals surface area contributed by atoms with E-state index in [9.17, 15) is 19.8 Å². The van der Waals surface area contributed by atoms with Crippen molar-refractivity contribution >= 4 is 11.9 Å². The zero-order chi connectivity index (χ0) is 43.1. The summed E-state index contributed by atoms with van der Waals surface area (Å²) in [5.74, 6) is -0.629. The molecule has 1 amide bonds. The van der Waals surface area contributed by atoms with Crippen LogP contribution < -0.4 is 5.32 Å². The van der Waals surface area contributed by atoms with Crippen LogP contribution in [0.1, 0.15) is 239 Å². The van der Waals surface area contributed by atoms with Crippen molar-refractivity contribution < 1.29 is 24.5 Å². The van der Waals surface area contributed by atoms with E-state index in [1.807, 2.05) is 12.2 Å². The summed E-state index contributed by atoms with van der Waals surface area (Å²) < 4.78 is 5.81. The third kappa shape index (κ3) is 42.1. The molecule has 3 N–H and O–H groups in total. The number of rotatable bonds is 44. The van der Waals surface area contributed by atoms with Gasteiger partial charge in [0, 0.05) is 6.42 Å². The van der Waals surface area contributed by atoms with Crippen LogP contribution in [0.5, 0.6) is 0 Å². The highest BCUT2D eigenvalue weighted by Crippen LogP contribution is 2.16. The number of unbranched alkanes of at least 4 members (excludes halogenated alkanes) is 24. The van der Waals surface area contributed by atoms with Crippen LogP contribution in [0.3, 0.4) is 0 Å². The molecule has 0 spiro atoms. The normalized spacial score (nSPS) is 13.8. The minimum atomic E-state index is -0.815. The minimum absolute atomic E-state index is 0.0388. The van der Waals surface area contributed by atoms with Gasteiger partial charge in [0.05, 0.1) is 25.2 Å². The van der Waals surface area contributed by atoms with Crippen molar-refractivity contribution in [3.63, 3.8) is 0 Å². The highest BCUT2D eigenvalue weighted by Gasteiger charge is 2.23. The fourth-order valence-corrected chi connectivity index (χ4v) is 7.29. The van der Waals surface area contributed by atoms with Gasteiger partial charge in [-0.1, -0.05) is 217 Å². The van der Waals surface area contributed by atoms with Gasteiger partial charge in [-0.25, -0.2) is 0 Å². The zero-order valence-electron chi connectivity index (χ0n) is 38.9. The quantitative estimate of drug-likeness (QED) is 0.0323. The summed E-state index contributed by atoms with van der Waals surface area (Å²) in [4.78, 5) is 26.0. The lowest BCUT2D eigenvalue weighted by Gasteiger charge is -2.23. The maximum atomic E-state index is 13.1. The molecular formula is C53H95NO5. The Hall–Kier alpha value is -2.44. The minimum Gasteiger partial charge on any atom is -0.458 e. The second kappa shape index (κ2) is 46.6. The number of ether oxygens (including phenoxy) is 1. The number of aliphatic hydroxyl groups is 2. The Morgan fingerprint density at radius 2 is 0.949 bits per heavy atom. The molecule has 0 heterocycles. The molecule has 0 aromatic carbocycles. The van der Waals surface area contributed by atoms with Crippen LogP contribution in [-0.2, 0) is 14.3 Å². The summed E-state index contributed by atoms with van der Waals surface area (Å²) in [7, 11) is 0. The number of amides is 1. The third-order valence-electron chi connectivity index (χ3n) is 11.1. The molecule has 0 aromatic rings. The Bertz CT molecular complexity index is 1060. The van der Waals surface area contributed by atoms with Crippen LogP contribution in [0.25, 0.3) is 0 Å². The number of aliphatic hydroxyl groups excluding tert-OH is 2. The molecule has 0 bridgehead atoms. The first-order valence-electron chi connectivity index (χ1n) is 25.0. The predicted molar refractivity (Wildman–Crippen MR) is 255 cm³/mol. The summed E-state index contributed by atoms with van der Waals surface area (Å²) >= 11 is 0. The molecule has 3 unspecified atom stereocenters. The maximum absolute atomic E-state index is 13.1. The molecule has 0 aliphatic carbocycles. The molecular weight excluding hydrogens is 731 g/mol. The van der Waals surface area contributed by atoms with Gasteiger partial charge in [-0.15, -0.1) is 0 Å². The van der Waals surface area contributed by atoms with Gasteiger partial charge in [-0.05, 0) is 70.3 Å². The summed E-state index contributed by atoms with van der Waals surface area (Å²) in [5.41, 5.74) is 0. The Balaban J connectivity index is 4.63. The molecule has 0 rings (SSSR count). The van der Waals surface area contributed by atoms with E-state index in [2.05, 4.69) is 74.7 Å². The molecule has 3 atom stereocenters. The summed E-state index contributed by atoms with van der Waals surface area (Å²) in [5, 5.41) is 23.7. The first-order chi connectivity index (χ1) is 29.0. The monoisotopic (exact) mass is 826 g/mol. The van der Waals surface area contributed by atoms with E-state index in [4.69, 9.17) is 4.74 Å². The number of hydrogen-bond donors (Lipinski definition) is 3. The molecule has 0 aliphatic heterocycles. The van der Waals surface area contributed by atoms with Gasteiger partial charge >= 0.3 is 5.97 Å². The van der Waals surface area contributed by atoms with E-state index in [0.717, 1.165) is 77.0 Å². The van der Waals surface area contributed by atoms with Gasteiger partial charge in [0.15, 0.2) is 0 Å². The molecule has 0 aliphatic rings. The highest BCUT2D eigenvalue weighted by molar-refractivity contribution is 5.78. The van der Waals surface area contributed by atoms with Crippen LogP contribution in [0, 0.1) is 0 Å². The lowest BCUT2D eigenvalue weighted by Crippen LogP contribution is -2.46. The smallest absolute Gasteiger partial charge is 0.306 e. The lowest BCUT2D eigenvalue weighted by atomic mass is 10.0. The summed E-state index contributed by atoms with van der Waals surface area (Å²) in [6.07, 6.45) is 57.4. The van der Waals surface area contributed by atoms with E-state index in [1.54, 1.807) is 0 Å². The Morgan fingerprint density at radius 3 is 1.44 bits per heavy atom. The van der Waals surface area contributed by atoms with Gasteiger partial charge in [-0.2, -0.15) is 0 Å². The van der Waals surface area contributed by atoms with Crippen LogP contribution in [0.2, 0.25) is 0 Å². The van der Waals surface area contributed by atoms with Gasteiger partial charge in [-0.3, -0.25) is 9.59 Å². The van der Waals surface area contributed by atoms with Gasteiger partial charge in [0.25, 0.3) is 0 Å². The molecule has 6 heteroatoms. The van der Waals surface area contributed by atoms with Gasteiger partial charge < -0.3 is 20.3 Å². The molecule has 0 radical (unpaired) electrons. The maximum Gasteiger partial charge on any atom is 0.306 e. The number of allylic oxidation sites excluding steroid dienone is 9. The average Bonchev–Trinajstić information content (AvgIpc) is 3.23. The van der Waals surface area contributed by atoms with Crippen molar-refractivity contribution in [2.24, 2.45) is 0 Å². The van der Waals surface area contributed by atoms with Gasteiger partial charge in [0.2, 0.25) is 5.91 Å². The fourth-order valence-electron chi connectivity index (χ4n) is 7.29. The van der Waals surface area contributed by atoms with Crippen molar-refractivity contribution in [3.05, 3.63) is 60.8 Å². The molecule has 342 valence electrons.